The minimum atomic E-state index is 0.498. The average molecular weight is 495 g/mol. The van der Waals surface area contributed by atoms with Gasteiger partial charge in [-0.05, 0) is 11.1 Å². The zero-order valence-corrected chi connectivity index (χ0v) is 20.8. The van der Waals surface area contributed by atoms with Gasteiger partial charge in [-0.3, -0.25) is 0 Å². The van der Waals surface area contributed by atoms with E-state index in [-0.39, 0.29) is 0 Å². The molecule has 4 aromatic carbocycles. The largest absolute Gasteiger partial charge is 0.364 e. The summed E-state index contributed by atoms with van der Waals surface area (Å²) in [4.78, 5) is 19.8. The Hall–Kier alpha value is -5.10. The summed E-state index contributed by atoms with van der Waals surface area (Å²) in [5, 5.41) is 6.85. The van der Waals surface area contributed by atoms with Crippen molar-refractivity contribution in [2.45, 2.75) is 13.1 Å². The van der Waals surface area contributed by atoms with Crippen molar-refractivity contribution < 1.29 is 0 Å². The molecule has 6 aromatic rings. The molecule has 6 rings (SSSR count). The predicted molar refractivity (Wildman–Crippen MR) is 154 cm³/mol. The van der Waals surface area contributed by atoms with Crippen molar-refractivity contribution >= 4 is 22.9 Å². The SMILES string of the molecule is c1ccc(CNc2nc(NCc3ccccc3)c3nc(-c4ccccc4)c(-c4ccccc4)nc3n2)cc1. The van der Waals surface area contributed by atoms with E-state index in [0.717, 1.165) is 33.6 Å². The van der Waals surface area contributed by atoms with Crippen molar-refractivity contribution in [2.24, 2.45) is 0 Å². The third-order valence-corrected chi connectivity index (χ3v) is 6.22. The zero-order chi connectivity index (χ0) is 25.6. The van der Waals surface area contributed by atoms with Crippen molar-refractivity contribution in [2.75, 3.05) is 10.6 Å². The predicted octanol–water partition coefficient (Wildman–Crippen LogP) is 6.98. The molecule has 0 atom stereocenters. The number of aromatic nitrogens is 4. The summed E-state index contributed by atoms with van der Waals surface area (Å²) in [5.74, 6) is 1.14. The summed E-state index contributed by atoms with van der Waals surface area (Å²) in [6.45, 7) is 1.21. The van der Waals surface area contributed by atoms with Crippen molar-refractivity contribution in [3.8, 4) is 22.5 Å². The van der Waals surface area contributed by atoms with Gasteiger partial charge in [-0.2, -0.15) is 9.97 Å². The molecule has 0 spiro atoms. The summed E-state index contributed by atoms with van der Waals surface area (Å²) >= 11 is 0. The van der Waals surface area contributed by atoms with E-state index in [1.807, 2.05) is 84.9 Å². The summed E-state index contributed by atoms with van der Waals surface area (Å²) in [6, 6.07) is 40.7. The van der Waals surface area contributed by atoms with E-state index < -0.39 is 0 Å². The first-order chi connectivity index (χ1) is 18.8. The Labute approximate surface area is 221 Å². The number of rotatable bonds is 8. The standard InChI is InChI=1S/C32H26N6/c1-5-13-23(14-6-1)21-33-30-29-31(38-32(37-30)34-22-24-15-7-2-8-16-24)36-28(26-19-11-4-12-20-26)27(35-29)25-17-9-3-10-18-25/h1-20H,21-22H2,(H2,33,34,36,37,38). The monoisotopic (exact) mass is 494 g/mol. The first kappa shape index (κ1) is 23.3. The lowest BCUT2D eigenvalue weighted by molar-refractivity contribution is 1.04. The van der Waals surface area contributed by atoms with E-state index in [2.05, 4.69) is 47.0 Å². The summed E-state index contributed by atoms with van der Waals surface area (Å²) in [6.07, 6.45) is 0. The maximum atomic E-state index is 5.12. The molecule has 6 nitrogen and oxygen atoms in total. The third-order valence-electron chi connectivity index (χ3n) is 6.22. The molecule has 0 radical (unpaired) electrons. The summed E-state index contributed by atoms with van der Waals surface area (Å²) in [7, 11) is 0. The lowest BCUT2D eigenvalue weighted by atomic mass is 10.0. The van der Waals surface area contributed by atoms with E-state index in [9.17, 15) is 0 Å². The van der Waals surface area contributed by atoms with Gasteiger partial charge in [0.25, 0.3) is 0 Å². The van der Waals surface area contributed by atoms with Crippen LogP contribution in [0.3, 0.4) is 0 Å². The van der Waals surface area contributed by atoms with Gasteiger partial charge in [0.1, 0.15) is 0 Å². The van der Waals surface area contributed by atoms with Crippen LogP contribution in [0.1, 0.15) is 11.1 Å². The van der Waals surface area contributed by atoms with Crippen LogP contribution in [0, 0.1) is 0 Å². The number of nitrogens with zero attached hydrogens (tertiary/aromatic N) is 4. The molecule has 2 heterocycles. The highest BCUT2D eigenvalue weighted by atomic mass is 15.2. The smallest absolute Gasteiger partial charge is 0.227 e. The first-order valence-electron chi connectivity index (χ1n) is 12.6. The van der Waals surface area contributed by atoms with E-state index in [4.69, 9.17) is 19.9 Å². The van der Waals surface area contributed by atoms with Crippen LogP contribution in [0.15, 0.2) is 121 Å². The van der Waals surface area contributed by atoms with Crippen LogP contribution in [0.2, 0.25) is 0 Å². The molecule has 0 saturated heterocycles. The first-order valence-corrected chi connectivity index (χ1v) is 12.6. The van der Waals surface area contributed by atoms with E-state index in [1.165, 1.54) is 0 Å². The third kappa shape index (κ3) is 5.20. The molecule has 0 aliphatic carbocycles. The minimum Gasteiger partial charge on any atom is -0.364 e. The van der Waals surface area contributed by atoms with Crippen LogP contribution in [-0.4, -0.2) is 19.9 Å². The van der Waals surface area contributed by atoms with E-state index >= 15 is 0 Å². The molecule has 0 amide bonds. The van der Waals surface area contributed by atoms with Crippen LogP contribution < -0.4 is 10.6 Å². The molecule has 0 fully saturated rings. The molecule has 0 aliphatic heterocycles. The molecule has 6 heteroatoms. The Morgan fingerprint density at radius 1 is 0.447 bits per heavy atom. The van der Waals surface area contributed by atoms with Crippen LogP contribution in [-0.2, 0) is 13.1 Å². The molecule has 184 valence electrons. The van der Waals surface area contributed by atoms with Crippen molar-refractivity contribution in [3.63, 3.8) is 0 Å². The average Bonchev–Trinajstić information content (AvgIpc) is 3.00. The van der Waals surface area contributed by atoms with Gasteiger partial charge >= 0.3 is 0 Å². The number of anilines is 2. The number of fused-ring (bicyclic) bond motifs is 1. The molecular formula is C32H26N6. The van der Waals surface area contributed by atoms with Gasteiger partial charge in [0, 0.05) is 24.2 Å². The quantitative estimate of drug-likeness (QED) is 0.238. The second-order valence-corrected chi connectivity index (χ2v) is 8.90. The number of benzene rings is 4. The van der Waals surface area contributed by atoms with Gasteiger partial charge < -0.3 is 10.6 Å². The second kappa shape index (κ2) is 10.9. The molecular weight excluding hydrogens is 468 g/mol. The van der Waals surface area contributed by atoms with E-state index in [0.29, 0.717) is 36.0 Å². The summed E-state index contributed by atoms with van der Waals surface area (Å²) in [5.41, 5.74) is 7.00. The lowest BCUT2D eigenvalue weighted by Gasteiger charge is -2.14. The maximum Gasteiger partial charge on any atom is 0.227 e. The highest BCUT2D eigenvalue weighted by molar-refractivity contribution is 5.90. The van der Waals surface area contributed by atoms with Gasteiger partial charge in [0.05, 0.1) is 11.4 Å². The van der Waals surface area contributed by atoms with Crippen LogP contribution in [0.5, 0.6) is 0 Å². The molecule has 2 aromatic heterocycles. The topological polar surface area (TPSA) is 75.6 Å². The molecule has 2 N–H and O–H groups in total. The normalized spacial score (nSPS) is 10.8. The van der Waals surface area contributed by atoms with Gasteiger partial charge in [0.2, 0.25) is 5.95 Å². The number of nitrogens with one attached hydrogen (secondary N) is 2. The Bertz CT molecular complexity index is 1640. The second-order valence-electron chi connectivity index (χ2n) is 8.90. The van der Waals surface area contributed by atoms with Crippen molar-refractivity contribution in [1.82, 2.24) is 19.9 Å². The highest BCUT2D eigenvalue weighted by Gasteiger charge is 2.18. The molecule has 0 aliphatic rings. The Kier molecular flexibility index (Phi) is 6.68. The van der Waals surface area contributed by atoms with Gasteiger partial charge in [-0.25, -0.2) is 9.97 Å². The van der Waals surface area contributed by atoms with Crippen LogP contribution in [0.25, 0.3) is 33.7 Å². The molecule has 0 bridgehead atoms. The highest BCUT2D eigenvalue weighted by Crippen LogP contribution is 2.32. The fourth-order valence-corrected chi connectivity index (χ4v) is 4.30. The van der Waals surface area contributed by atoms with Gasteiger partial charge in [0.15, 0.2) is 17.0 Å². The number of hydrogen-bond donors (Lipinski definition) is 2. The van der Waals surface area contributed by atoms with Gasteiger partial charge in [-0.1, -0.05) is 121 Å². The van der Waals surface area contributed by atoms with Crippen molar-refractivity contribution in [1.29, 1.82) is 0 Å². The van der Waals surface area contributed by atoms with Crippen molar-refractivity contribution in [3.05, 3.63) is 132 Å². The van der Waals surface area contributed by atoms with Crippen LogP contribution >= 0.6 is 0 Å². The number of hydrogen-bond acceptors (Lipinski definition) is 6. The van der Waals surface area contributed by atoms with Crippen LogP contribution in [0.4, 0.5) is 11.8 Å². The maximum absolute atomic E-state index is 5.12. The lowest BCUT2D eigenvalue weighted by Crippen LogP contribution is -2.10. The Morgan fingerprint density at radius 3 is 1.47 bits per heavy atom. The minimum absolute atomic E-state index is 0.498. The Morgan fingerprint density at radius 2 is 0.921 bits per heavy atom. The Balaban J connectivity index is 1.48. The molecule has 0 saturated carbocycles. The van der Waals surface area contributed by atoms with E-state index in [1.54, 1.807) is 0 Å². The zero-order valence-electron chi connectivity index (χ0n) is 20.8. The van der Waals surface area contributed by atoms with Gasteiger partial charge in [-0.15, -0.1) is 0 Å². The molecule has 38 heavy (non-hydrogen) atoms. The fraction of sp³-hybridized carbons (Fsp3) is 0.0625. The summed E-state index contributed by atoms with van der Waals surface area (Å²) < 4.78 is 0. The fourth-order valence-electron chi connectivity index (χ4n) is 4.30. The molecule has 0 unspecified atom stereocenters.